The van der Waals surface area contributed by atoms with Crippen LogP contribution in [0.3, 0.4) is 0 Å². The number of hydrogen-bond acceptors (Lipinski definition) is 6. The van der Waals surface area contributed by atoms with Gasteiger partial charge in [0.25, 0.3) is 11.6 Å². The van der Waals surface area contributed by atoms with Gasteiger partial charge >= 0.3 is 0 Å². The van der Waals surface area contributed by atoms with Gasteiger partial charge in [-0.05, 0) is 30.7 Å². The Morgan fingerprint density at radius 3 is 2.36 bits per heavy atom. The summed E-state index contributed by atoms with van der Waals surface area (Å²) in [5.74, 6) is 0.879. The zero-order valence-corrected chi connectivity index (χ0v) is 16.5. The molecule has 146 valence electrons. The van der Waals surface area contributed by atoms with E-state index in [1.165, 1.54) is 35.6 Å². The maximum absolute atomic E-state index is 12.6. The third-order valence-electron chi connectivity index (χ3n) is 4.16. The molecular weight excluding hydrogens is 382 g/mol. The SMILES string of the molecule is CCCn1c(=NC(=O)c2ccc([N+](=O)[O-])cc2)sc2c(OC)ccc(OC)c21. The molecule has 0 aliphatic carbocycles. The monoisotopic (exact) mass is 401 g/mol. The van der Waals surface area contributed by atoms with E-state index in [0.29, 0.717) is 22.8 Å². The summed E-state index contributed by atoms with van der Waals surface area (Å²) in [6.07, 6.45) is 0.838. The fraction of sp³-hybridized carbons (Fsp3) is 0.263. The molecule has 2 aromatic carbocycles. The zero-order valence-electron chi connectivity index (χ0n) is 15.7. The summed E-state index contributed by atoms with van der Waals surface area (Å²) in [5.41, 5.74) is 1.03. The molecule has 1 aromatic heterocycles. The van der Waals surface area contributed by atoms with E-state index in [1.807, 2.05) is 23.6 Å². The summed E-state index contributed by atoms with van der Waals surface area (Å²) in [6, 6.07) is 9.03. The third-order valence-corrected chi connectivity index (χ3v) is 5.25. The number of benzene rings is 2. The quantitative estimate of drug-likeness (QED) is 0.463. The first-order valence-corrected chi connectivity index (χ1v) is 9.39. The highest BCUT2D eigenvalue weighted by molar-refractivity contribution is 7.16. The number of thiazole rings is 1. The first kappa shape index (κ1) is 19.6. The van der Waals surface area contributed by atoms with Crippen LogP contribution in [0.25, 0.3) is 10.2 Å². The Bertz CT molecular complexity index is 1100. The summed E-state index contributed by atoms with van der Waals surface area (Å²) in [4.78, 5) is 27.7. The Morgan fingerprint density at radius 1 is 1.14 bits per heavy atom. The fourth-order valence-corrected chi connectivity index (χ4v) is 4.01. The second kappa shape index (κ2) is 8.22. The number of nitro groups is 1. The molecule has 0 bridgehead atoms. The smallest absolute Gasteiger partial charge is 0.279 e. The molecule has 8 nitrogen and oxygen atoms in total. The van der Waals surface area contributed by atoms with Crippen molar-refractivity contribution in [2.24, 2.45) is 4.99 Å². The van der Waals surface area contributed by atoms with Crippen LogP contribution < -0.4 is 14.3 Å². The van der Waals surface area contributed by atoms with Crippen LogP contribution in [-0.2, 0) is 6.54 Å². The number of fused-ring (bicyclic) bond motifs is 1. The highest BCUT2D eigenvalue weighted by Crippen LogP contribution is 2.35. The van der Waals surface area contributed by atoms with Crippen LogP contribution >= 0.6 is 11.3 Å². The van der Waals surface area contributed by atoms with Crippen LogP contribution in [-0.4, -0.2) is 29.6 Å². The molecule has 1 amide bonds. The van der Waals surface area contributed by atoms with Crippen molar-refractivity contribution in [3.63, 3.8) is 0 Å². The van der Waals surface area contributed by atoms with Gasteiger partial charge in [0.15, 0.2) is 4.80 Å². The van der Waals surface area contributed by atoms with Gasteiger partial charge in [-0.3, -0.25) is 14.9 Å². The van der Waals surface area contributed by atoms with Crippen molar-refractivity contribution in [1.82, 2.24) is 4.57 Å². The van der Waals surface area contributed by atoms with Crippen molar-refractivity contribution in [2.75, 3.05) is 14.2 Å². The van der Waals surface area contributed by atoms with Crippen molar-refractivity contribution in [1.29, 1.82) is 0 Å². The predicted molar refractivity (Wildman–Crippen MR) is 106 cm³/mol. The number of rotatable bonds is 6. The van der Waals surface area contributed by atoms with Gasteiger partial charge in [-0.2, -0.15) is 4.99 Å². The topological polar surface area (TPSA) is 96.0 Å². The van der Waals surface area contributed by atoms with Crippen LogP contribution in [0.2, 0.25) is 0 Å². The van der Waals surface area contributed by atoms with Gasteiger partial charge in [0.1, 0.15) is 21.7 Å². The lowest BCUT2D eigenvalue weighted by molar-refractivity contribution is -0.384. The Labute approximate surface area is 164 Å². The molecule has 1 heterocycles. The number of aryl methyl sites for hydroxylation is 1. The minimum Gasteiger partial charge on any atom is -0.495 e. The molecule has 0 radical (unpaired) electrons. The molecule has 0 aliphatic rings. The number of amides is 1. The van der Waals surface area contributed by atoms with E-state index in [4.69, 9.17) is 9.47 Å². The second-order valence-corrected chi connectivity index (χ2v) is 6.88. The van der Waals surface area contributed by atoms with Crippen molar-refractivity contribution in [3.8, 4) is 11.5 Å². The number of non-ortho nitro benzene ring substituents is 1. The number of methoxy groups -OCH3 is 2. The Kier molecular flexibility index (Phi) is 5.74. The van der Waals surface area contributed by atoms with Gasteiger partial charge in [-0.15, -0.1) is 0 Å². The van der Waals surface area contributed by atoms with Crippen LogP contribution in [0.1, 0.15) is 23.7 Å². The number of nitrogens with zero attached hydrogens (tertiary/aromatic N) is 3. The normalized spacial score (nSPS) is 11.6. The molecule has 0 spiro atoms. The number of carbonyl (C=O) groups is 1. The largest absolute Gasteiger partial charge is 0.495 e. The van der Waals surface area contributed by atoms with E-state index in [0.717, 1.165) is 16.6 Å². The summed E-state index contributed by atoms with van der Waals surface area (Å²) < 4.78 is 13.7. The van der Waals surface area contributed by atoms with Crippen molar-refractivity contribution >= 4 is 33.1 Å². The maximum Gasteiger partial charge on any atom is 0.279 e. The standard InChI is InChI=1S/C19H19N3O5S/c1-4-11-21-16-14(26-2)9-10-15(27-3)17(16)28-19(21)20-18(23)12-5-7-13(8-6-12)22(24)25/h5-10H,4,11H2,1-3H3. The van der Waals surface area contributed by atoms with E-state index < -0.39 is 10.8 Å². The van der Waals surface area contributed by atoms with Crippen LogP contribution in [0.4, 0.5) is 5.69 Å². The number of carbonyl (C=O) groups excluding carboxylic acids is 1. The summed E-state index contributed by atoms with van der Waals surface area (Å²) >= 11 is 1.34. The third kappa shape index (κ3) is 3.61. The molecule has 0 N–H and O–H groups in total. The summed E-state index contributed by atoms with van der Waals surface area (Å²) in [7, 11) is 3.18. The molecule has 0 aliphatic heterocycles. The highest BCUT2D eigenvalue weighted by Gasteiger charge is 2.17. The Balaban J connectivity index is 2.16. The Hall–Kier alpha value is -3.20. The van der Waals surface area contributed by atoms with Crippen LogP contribution in [0, 0.1) is 10.1 Å². The van der Waals surface area contributed by atoms with Gasteiger partial charge in [0.2, 0.25) is 0 Å². The molecule has 9 heteroatoms. The highest BCUT2D eigenvalue weighted by atomic mass is 32.1. The number of ether oxygens (including phenoxy) is 2. The zero-order chi connectivity index (χ0) is 20.3. The maximum atomic E-state index is 12.6. The molecule has 28 heavy (non-hydrogen) atoms. The minimum atomic E-state index is -0.509. The average Bonchev–Trinajstić information content (AvgIpc) is 3.05. The lowest BCUT2D eigenvalue weighted by Gasteiger charge is -2.09. The predicted octanol–water partition coefficient (Wildman–Crippen LogP) is 3.78. The molecule has 0 atom stereocenters. The fourth-order valence-electron chi connectivity index (χ4n) is 2.85. The molecule has 3 aromatic rings. The molecule has 0 unspecified atom stereocenters. The van der Waals surface area contributed by atoms with E-state index in [1.54, 1.807) is 14.2 Å². The lowest BCUT2D eigenvalue weighted by atomic mass is 10.2. The van der Waals surface area contributed by atoms with Crippen molar-refractivity contribution in [3.05, 3.63) is 56.9 Å². The van der Waals surface area contributed by atoms with Gasteiger partial charge in [0.05, 0.1) is 19.1 Å². The number of aromatic nitrogens is 1. The lowest BCUT2D eigenvalue weighted by Crippen LogP contribution is -2.17. The number of nitro benzene ring substituents is 1. The minimum absolute atomic E-state index is 0.0751. The van der Waals surface area contributed by atoms with Crippen LogP contribution in [0.15, 0.2) is 41.4 Å². The molecule has 3 rings (SSSR count). The van der Waals surface area contributed by atoms with Gasteiger partial charge < -0.3 is 14.0 Å². The van der Waals surface area contributed by atoms with E-state index >= 15 is 0 Å². The summed E-state index contributed by atoms with van der Waals surface area (Å²) in [5, 5.41) is 10.8. The van der Waals surface area contributed by atoms with E-state index in [-0.39, 0.29) is 11.3 Å². The van der Waals surface area contributed by atoms with E-state index in [9.17, 15) is 14.9 Å². The van der Waals surface area contributed by atoms with Crippen molar-refractivity contribution in [2.45, 2.75) is 19.9 Å². The molecular formula is C19H19N3O5S. The molecule has 0 fully saturated rings. The van der Waals surface area contributed by atoms with Gasteiger partial charge in [0, 0.05) is 24.2 Å². The average molecular weight is 401 g/mol. The second-order valence-electron chi connectivity index (χ2n) is 5.91. The first-order chi connectivity index (χ1) is 13.5. The Morgan fingerprint density at radius 2 is 1.79 bits per heavy atom. The first-order valence-electron chi connectivity index (χ1n) is 8.58. The van der Waals surface area contributed by atoms with Crippen molar-refractivity contribution < 1.29 is 19.2 Å². The van der Waals surface area contributed by atoms with Gasteiger partial charge in [-0.1, -0.05) is 18.3 Å². The number of hydrogen-bond donors (Lipinski definition) is 0. The molecule has 0 saturated heterocycles. The summed E-state index contributed by atoms with van der Waals surface area (Å²) in [6.45, 7) is 2.68. The van der Waals surface area contributed by atoms with Gasteiger partial charge in [-0.25, -0.2) is 0 Å². The molecule has 0 saturated carbocycles. The van der Waals surface area contributed by atoms with E-state index in [2.05, 4.69) is 4.99 Å². The van der Waals surface area contributed by atoms with Crippen LogP contribution in [0.5, 0.6) is 11.5 Å².